The second-order valence-corrected chi connectivity index (χ2v) is 7.26. The Bertz CT molecular complexity index is 884. The van der Waals surface area contributed by atoms with Gasteiger partial charge in [0.15, 0.2) is 0 Å². The van der Waals surface area contributed by atoms with Gasteiger partial charge in [0.05, 0.1) is 0 Å². The number of nitrogens with two attached hydrogens (primary N) is 2. The monoisotopic (exact) mass is 374 g/mol. The Morgan fingerprint density at radius 3 is 2.69 bits per heavy atom. The van der Waals surface area contributed by atoms with Crippen LogP contribution in [0.25, 0.3) is 0 Å². The molecule has 7 nitrogen and oxygen atoms in total. The van der Waals surface area contributed by atoms with E-state index in [4.69, 9.17) is 23.1 Å². The first kappa shape index (κ1) is 18.4. The maximum absolute atomic E-state index is 11.8. The third kappa shape index (κ3) is 3.07. The molecule has 0 saturated heterocycles. The Labute approximate surface area is 157 Å². The van der Waals surface area contributed by atoms with Crippen LogP contribution in [0.5, 0.6) is 0 Å². The molecule has 1 amide bonds. The smallest absolute Gasteiger partial charge is 0.223 e. The Hall–Kier alpha value is -2.41. The number of pyridine rings is 1. The van der Waals surface area contributed by atoms with E-state index in [1.807, 2.05) is 13.1 Å². The van der Waals surface area contributed by atoms with E-state index >= 15 is 0 Å². The lowest BCUT2D eigenvalue weighted by atomic mass is 9.90. The molecule has 2 atom stereocenters. The molecule has 0 saturated carbocycles. The van der Waals surface area contributed by atoms with Gasteiger partial charge in [-0.15, -0.1) is 0 Å². The van der Waals surface area contributed by atoms with Gasteiger partial charge in [-0.1, -0.05) is 18.5 Å². The van der Waals surface area contributed by atoms with Gasteiger partial charge in [0.25, 0.3) is 0 Å². The number of fused-ring (bicyclic) bond motifs is 1. The van der Waals surface area contributed by atoms with Crippen molar-refractivity contribution < 1.29 is 4.79 Å². The molecule has 8 heteroatoms. The summed E-state index contributed by atoms with van der Waals surface area (Å²) in [4.78, 5) is 26.8. The molecule has 2 aromatic heterocycles. The number of hydrogen-bond acceptors (Lipinski definition) is 6. The fourth-order valence-corrected chi connectivity index (χ4v) is 3.72. The normalized spacial score (nSPS) is 17.3. The Morgan fingerprint density at radius 1 is 1.35 bits per heavy atom. The van der Waals surface area contributed by atoms with Crippen molar-refractivity contribution in [2.24, 2.45) is 11.7 Å². The highest BCUT2D eigenvalue weighted by molar-refractivity contribution is 6.30. The number of carbonyl (C=O) groups excluding carboxylic acids is 1. The SMILES string of the molecule is Cc1ncc(CN2CC(C(C)C(N)=O)c3c(Cl)nc(N)nc32)c(C)c1C. The zero-order chi connectivity index (χ0) is 19.2. The molecule has 0 spiro atoms. The number of amides is 1. The number of hydrogen-bond donors (Lipinski definition) is 2. The van der Waals surface area contributed by atoms with Gasteiger partial charge in [0.1, 0.15) is 11.0 Å². The number of carbonyl (C=O) groups is 1. The third-order valence-corrected chi connectivity index (χ3v) is 5.69. The lowest BCUT2D eigenvalue weighted by Crippen LogP contribution is -2.30. The summed E-state index contributed by atoms with van der Waals surface area (Å²) in [7, 11) is 0. The summed E-state index contributed by atoms with van der Waals surface area (Å²) in [6.45, 7) is 9.12. The van der Waals surface area contributed by atoms with Crippen LogP contribution in [0, 0.1) is 26.7 Å². The number of aromatic nitrogens is 3. The van der Waals surface area contributed by atoms with Crippen molar-refractivity contribution >= 4 is 29.3 Å². The van der Waals surface area contributed by atoms with Crippen molar-refractivity contribution in [3.8, 4) is 0 Å². The van der Waals surface area contributed by atoms with Gasteiger partial charge < -0.3 is 16.4 Å². The maximum Gasteiger partial charge on any atom is 0.223 e. The molecule has 4 N–H and O–H groups in total. The number of primary amides is 1. The molecule has 0 fully saturated rings. The second-order valence-electron chi connectivity index (χ2n) is 6.91. The van der Waals surface area contributed by atoms with Crippen LogP contribution in [-0.2, 0) is 11.3 Å². The van der Waals surface area contributed by atoms with Gasteiger partial charge in [-0.05, 0) is 37.5 Å². The number of nitrogens with zero attached hydrogens (tertiary/aromatic N) is 4. The molecule has 26 heavy (non-hydrogen) atoms. The second kappa shape index (κ2) is 6.72. The van der Waals surface area contributed by atoms with Crippen LogP contribution >= 0.6 is 11.6 Å². The van der Waals surface area contributed by atoms with E-state index in [0.717, 1.165) is 16.8 Å². The molecule has 0 aromatic carbocycles. The van der Waals surface area contributed by atoms with Crippen molar-refractivity contribution in [2.75, 3.05) is 17.2 Å². The number of anilines is 2. The van der Waals surface area contributed by atoms with E-state index in [0.29, 0.717) is 18.9 Å². The fraction of sp³-hybridized carbons (Fsp3) is 0.444. The molecular weight excluding hydrogens is 352 g/mol. The minimum absolute atomic E-state index is 0.112. The molecule has 3 heterocycles. The number of nitrogen functional groups attached to an aromatic ring is 1. The minimum Gasteiger partial charge on any atom is -0.369 e. The van der Waals surface area contributed by atoms with Crippen molar-refractivity contribution in [2.45, 2.75) is 40.2 Å². The standard InChI is InChI=1S/C18H23ClN6O/c1-8-9(2)12(5-22-11(8)4)6-25-7-13(10(3)16(20)26)14-15(19)23-18(21)24-17(14)25/h5,10,13H,6-7H2,1-4H3,(H2,20,26)(H2,21,23,24). The van der Waals surface area contributed by atoms with Gasteiger partial charge in [-0.25, -0.2) is 4.98 Å². The van der Waals surface area contributed by atoms with Crippen molar-refractivity contribution in [3.63, 3.8) is 0 Å². The summed E-state index contributed by atoms with van der Waals surface area (Å²) in [6, 6.07) is 0. The first-order valence-electron chi connectivity index (χ1n) is 8.49. The molecular formula is C18H23ClN6O. The van der Waals surface area contributed by atoms with E-state index in [-0.39, 0.29) is 28.8 Å². The zero-order valence-electron chi connectivity index (χ0n) is 15.4. The number of aryl methyl sites for hydroxylation is 1. The minimum atomic E-state index is -0.387. The van der Waals surface area contributed by atoms with Gasteiger partial charge >= 0.3 is 0 Å². The highest BCUT2D eigenvalue weighted by atomic mass is 35.5. The van der Waals surface area contributed by atoms with Crippen molar-refractivity contribution in [1.82, 2.24) is 15.0 Å². The zero-order valence-corrected chi connectivity index (χ0v) is 16.1. The van der Waals surface area contributed by atoms with E-state index in [1.54, 1.807) is 6.92 Å². The summed E-state index contributed by atoms with van der Waals surface area (Å²) in [5.74, 6) is -0.156. The fourth-order valence-electron chi connectivity index (χ4n) is 3.41. The molecule has 1 aliphatic rings. The molecule has 2 unspecified atom stereocenters. The topological polar surface area (TPSA) is 111 Å². The molecule has 3 rings (SSSR count). The van der Waals surface area contributed by atoms with Crippen LogP contribution in [0.3, 0.4) is 0 Å². The molecule has 0 radical (unpaired) electrons. The summed E-state index contributed by atoms with van der Waals surface area (Å²) in [5, 5.41) is 0.281. The Balaban J connectivity index is 2.03. The molecule has 0 bridgehead atoms. The highest BCUT2D eigenvalue weighted by Gasteiger charge is 2.38. The third-order valence-electron chi connectivity index (χ3n) is 5.40. The lowest BCUT2D eigenvalue weighted by Gasteiger charge is -2.22. The average Bonchev–Trinajstić information content (AvgIpc) is 2.93. The molecule has 2 aromatic rings. The van der Waals surface area contributed by atoms with Gasteiger partial charge in [0, 0.05) is 42.4 Å². The number of halogens is 1. The van der Waals surface area contributed by atoms with E-state index in [9.17, 15) is 4.79 Å². The van der Waals surface area contributed by atoms with Crippen LogP contribution in [0.4, 0.5) is 11.8 Å². The van der Waals surface area contributed by atoms with E-state index in [2.05, 4.69) is 33.7 Å². The van der Waals surface area contributed by atoms with Crippen LogP contribution in [-0.4, -0.2) is 27.4 Å². The summed E-state index contributed by atoms with van der Waals surface area (Å²) >= 11 is 6.34. The van der Waals surface area contributed by atoms with Gasteiger partial charge in [0.2, 0.25) is 11.9 Å². The average molecular weight is 375 g/mol. The summed E-state index contributed by atoms with van der Waals surface area (Å²) in [5.41, 5.74) is 16.6. The Kier molecular flexibility index (Phi) is 4.75. The van der Waals surface area contributed by atoms with Crippen LogP contribution in [0.1, 0.15) is 40.8 Å². The van der Waals surface area contributed by atoms with Crippen molar-refractivity contribution in [3.05, 3.63) is 39.3 Å². The molecule has 138 valence electrons. The molecule has 0 aliphatic carbocycles. The van der Waals surface area contributed by atoms with Crippen molar-refractivity contribution in [1.29, 1.82) is 0 Å². The first-order chi connectivity index (χ1) is 12.2. The van der Waals surface area contributed by atoms with Gasteiger partial charge in [-0.3, -0.25) is 9.78 Å². The quantitative estimate of drug-likeness (QED) is 0.794. The van der Waals surface area contributed by atoms with Gasteiger partial charge in [-0.2, -0.15) is 4.98 Å². The molecule has 1 aliphatic heterocycles. The maximum atomic E-state index is 11.8. The van der Waals surface area contributed by atoms with E-state index in [1.165, 1.54) is 11.1 Å². The van der Waals surface area contributed by atoms with Crippen LogP contribution < -0.4 is 16.4 Å². The van der Waals surface area contributed by atoms with E-state index < -0.39 is 0 Å². The number of rotatable bonds is 4. The first-order valence-corrected chi connectivity index (χ1v) is 8.87. The lowest BCUT2D eigenvalue weighted by molar-refractivity contribution is -0.121. The predicted molar refractivity (Wildman–Crippen MR) is 102 cm³/mol. The highest BCUT2D eigenvalue weighted by Crippen LogP contribution is 2.43. The summed E-state index contributed by atoms with van der Waals surface area (Å²) < 4.78 is 0. The predicted octanol–water partition coefficient (Wildman–Crippen LogP) is 2.26. The van der Waals surface area contributed by atoms with Crippen LogP contribution in [0.15, 0.2) is 6.20 Å². The largest absolute Gasteiger partial charge is 0.369 e. The van der Waals surface area contributed by atoms with Crippen LogP contribution in [0.2, 0.25) is 5.15 Å². The Morgan fingerprint density at radius 2 is 2.04 bits per heavy atom. The summed E-state index contributed by atoms with van der Waals surface area (Å²) in [6.07, 6.45) is 1.88.